The Kier molecular flexibility index (Phi) is 3.16. The van der Waals surface area contributed by atoms with E-state index in [2.05, 4.69) is 12.1 Å². The molecule has 0 unspecified atom stereocenters. The van der Waals surface area contributed by atoms with Crippen molar-refractivity contribution in [3.8, 4) is 11.1 Å². The Morgan fingerprint density at radius 3 is 2.53 bits per heavy atom. The van der Waals surface area contributed by atoms with Gasteiger partial charge in [-0.2, -0.15) is 0 Å². The lowest BCUT2D eigenvalue weighted by Crippen LogP contribution is -2.02. The van der Waals surface area contributed by atoms with Crippen LogP contribution in [0.4, 0.5) is 4.39 Å². The quantitative estimate of drug-likeness (QED) is 0.735. The zero-order chi connectivity index (χ0) is 13.2. The predicted octanol–water partition coefficient (Wildman–Crippen LogP) is 4.18. The minimum Gasteiger partial charge on any atom is -0.298 e. The van der Waals surface area contributed by atoms with Crippen molar-refractivity contribution in [2.45, 2.75) is 25.7 Å². The van der Waals surface area contributed by atoms with Crippen LogP contribution in [0.1, 0.15) is 34.3 Å². The normalized spacial score (nSPS) is 13.9. The Hall–Kier alpha value is -1.96. The van der Waals surface area contributed by atoms with E-state index in [9.17, 15) is 9.18 Å². The van der Waals surface area contributed by atoms with Crippen LogP contribution in [0, 0.1) is 5.82 Å². The molecule has 2 heteroatoms. The number of hydrogen-bond donors (Lipinski definition) is 0. The van der Waals surface area contributed by atoms with Crippen molar-refractivity contribution in [2.75, 3.05) is 0 Å². The molecule has 0 radical (unpaired) electrons. The Morgan fingerprint density at radius 1 is 0.947 bits per heavy atom. The van der Waals surface area contributed by atoms with Gasteiger partial charge in [-0.25, -0.2) is 4.39 Å². The number of benzene rings is 2. The first-order valence-corrected chi connectivity index (χ1v) is 6.65. The molecule has 1 aliphatic carbocycles. The first-order valence-electron chi connectivity index (χ1n) is 6.65. The van der Waals surface area contributed by atoms with Gasteiger partial charge in [-0.05, 0) is 66.1 Å². The molecule has 96 valence electrons. The van der Waals surface area contributed by atoms with Crippen molar-refractivity contribution >= 4 is 6.29 Å². The van der Waals surface area contributed by atoms with Crippen LogP contribution in [-0.2, 0) is 12.8 Å². The molecule has 1 nitrogen and oxygen atoms in total. The largest absolute Gasteiger partial charge is 0.298 e. The first-order chi connectivity index (χ1) is 9.28. The lowest BCUT2D eigenvalue weighted by molar-refractivity contribution is 0.112. The van der Waals surface area contributed by atoms with Crippen molar-refractivity contribution in [3.05, 3.63) is 58.9 Å². The molecule has 2 aromatic carbocycles. The summed E-state index contributed by atoms with van der Waals surface area (Å²) in [5.74, 6) is -0.307. The Morgan fingerprint density at radius 2 is 1.74 bits per heavy atom. The number of aryl methyl sites for hydroxylation is 2. The minimum atomic E-state index is -0.307. The average Bonchev–Trinajstić information content (AvgIpc) is 2.46. The maximum atomic E-state index is 13.4. The zero-order valence-corrected chi connectivity index (χ0v) is 10.7. The highest BCUT2D eigenvalue weighted by atomic mass is 19.1. The lowest BCUT2D eigenvalue weighted by atomic mass is 9.88. The fourth-order valence-corrected chi connectivity index (χ4v) is 2.78. The minimum absolute atomic E-state index is 0.307. The molecule has 0 fully saturated rings. The van der Waals surface area contributed by atoms with Crippen LogP contribution >= 0.6 is 0 Å². The SMILES string of the molecule is O=Cc1ccc(F)cc1-c1ccc2c(c1)CCCC2. The van der Waals surface area contributed by atoms with Gasteiger partial charge >= 0.3 is 0 Å². The van der Waals surface area contributed by atoms with Crippen LogP contribution in [0.3, 0.4) is 0 Å². The third kappa shape index (κ3) is 2.30. The molecule has 0 saturated carbocycles. The van der Waals surface area contributed by atoms with Crippen LogP contribution in [0.15, 0.2) is 36.4 Å². The summed E-state index contributed by atoms with van der Waals surface area (Å²) in [6, 6.07) is 10.5. The standard InChI is InChI=1S/C17H15FO/c18-16-8-7-15(11-19)17(10-16)14-6-5-12-3-1-2-4-13(12)9-14/h5-11H,1-4H2. The number of carbonyl (C=O) groups excluding carboxylic acids is 1. The van der Waals surface area contributed by atoms with Gasteiger partial charge in [0.05, 0.1) is 0 Å². The van der Waals surface area contributed by atoms with E-state index in [0.717, 1.165) is 24.7 Å². The van der Waals surface area contributed by atoms with Crippen LogP contribution in [0.25, 0.3) is 11.1 Å². The van der Waals surface area contributed by atoms with Gasteiger partial charge in [0.25, 0.3) is 0 Å². The van der Waals surface area contributed by atoms with Gasteiger partial charge in [0.15, 0.2) is 6.29 Å². The lowest BCUT2D eigenvalue weighted by Gasteiger charge is -2.17. The van der Waals surface area contributed by atoms with Crippen molar-refractivity contribution in [1.82, 2.24) is 0 Å². The van der Waals surface area contributed by atoms with Crippen LogP contribution in [-0.4, -0.2) is 6.29 Å². The van der Waals surface area contributed by atoms with E-state index in [1.807, 2.05) is 6.07 Å². The third-order valence-electron chi connectivity index (χ3n) is 3.80. The topological polar surface area (TPSA) is 17.1 Å². The second-order valence-corrected chi connectivity index (χ2v) is 5.04. The monoisotopic (exact) mass is 254 g/mol. The highest BCUT2D eigenvalue weighted by molar-refractivity contribution is 5.87. The van der Waals surface area contributed by atoms with E-state index >= 15 is 0 Å². The van der Waals surface area contributed by atoms with E-state index in [-0.39, 0.29) is 5.82 Å². The Labute approximate surface area is 112 Å². The van der Waals surface area contributed by atoms with E-state index < -0.39 is 0 Å². The van der Waals surface area contributed by atoms with E-state index in [1.165, 1.54) is 42.2 Å². The maximum absolute atomic E-state index is 13.4. The number of halogens is 1. The van der Waals surface area contributed by atoms with E-state index in [1.54, 1.807) is 0 Å². The summed E-state index contributed by atoms with van der Waals surface area (Å²) in [4.78, 5) is 11.1. The van der Waals surface area contributed by atoms with Gasteiger partial charge in [0, 0.05) is 5.56 Å². The number of aldehydes is 1. The van der Waals surface area contributed by atoms with Gasteiger partial charge < -0.3 is 0 Å². The summed E-state index contributed by atoms with van der Waals surface area (Å²) >= 11 is 0. The Bertz CT molecular complexity index is 631. The highest BCUT2D eigenvalue weighted by Crippen LogP contribution is 2.29. The molecule has 0 saturated heterocycles. The third-order valence-corrected chi connectivity index (χ3v) is 3.80. The predicted molar refractivity (Wildman–Crippen MR) is 73.9 cm³/mol. The molecule has 19 heavy (non-hydrogen) atoms. The number of fused-ring (bicyclic) bond motifs is 1. The molecule has 0 amide bonds. The second-order valence-electron chi connectivity index (χ2n) is 5.04. The van der Waals surface area contributed by atoms with Crippen molar-refractivity contribution < 1.29 is 9.18 Å². The average molecular weight is 254 g/mol. The van der Waals surface area contributed by atoms with Gasteiger partial charge in [-0.1, -0.05) is 18.2 Å². The molecular formula is C17H15FO. The molecular weight excluding hydrogens is 239 g/mol. The summed E-state index contributed by atoms with van der Waals surface area (Å²) in [6.07, 6.45) is 5.44. The molecule has 0 heterocycles. The van der Waals surface area contributed by atoms with Gasteiger partial charge in [-0.15, -0.1) is 0 Å². The van der Waals surface area contributed by atoms with Crippen molar-refractivity contribution in [1.29, 1.82) is 0 Å². The zero-order valence-electron chi connectivity index (χ0n) is 10.7. The number of rotatable bonds is 2. The molecule has 0 aliphatic heterocycles. The molecule has 2 aromatic rings. The summed E-state index contributed by atoms with van der Waals surface area (Å²) < 4.78 is 13.4. The van der Waals surface area contributed by atoms with Crippen molar-refractivity contribution in [2.24, 2.45) is 0 Å². The molecule has 3 rings (SSSR count). The van der Waals surface area contributed by atoms with Crippen LogP contribution in [0.5, 0.6) is 0 Å². The van der Waals surface area contributed by atoms with Crippen molar-refractivity contribution in [3.63, 3.8) is 0 Å². The van der Waals surface area contributed by atoms with E-state index in [4.69, 9.17) is 0 Å². The smallest absolute Gasteiger partial charge is 0.150 e. The van der Waals surface area contributed by atoms with E-state index in [0.29, 0.717) is 11.1 Å². The maximum Gasteiger partial charge on any atom is 0.150 e. The molecule has 0 bridgehead atoms. The van der Waals surface area contributed by atoms with Gasteiger partial charge in [-0.3, -0.25) is 4.79 Å². The highest BCUT2D eigenvalue weighted by Gasteiger charge is 2.12. The fourth-order valence-electron chi connectivity index (χ4n) is 2.78. The molecule has 0 N–H and O–H groups in total. The summed E-state index contributed by atoms with van der Waals surface area (Å²) in [5.41, 5.74) is 4.88. The first kappa shape index (κ1) is 12.1. The number of hydrogen-bond acceptors (Lipinski definition) is 1. The molecule has 0 spiro atoms. The molecule has 0 atom stereocenters. The van der Waals surface area contributed by atoms with Gasteiger partial charge in [0.2, 0.25) is 0 Å². The van der Waals surface area contributed by atoms with Crippen LogP contribution in [0.2, 0.25) is 0 Å². The Balaban J connectivity index is 2.11. The summed E-state index contributed by atoms with van der Waals surface area (Å²) in [6.45, 7) is 0. The summed E-state index contributed by atoms with van der Waals surface area (Å²) in [5, 5.41) is 0. The fraction of sp³-hybridized carbons (Fsp3) is 0.235. The second kappa shape index (κ2) is 4.96. The number of carbonyl (C=O) groups is 1. The van der Waals surface area contributed by atoms with Gasteiger partial charge in [0.1, 0.15) is 5.82 Å². The molecule has 0 aromatic heterocycles. The molecule has 1 aliphatic rings. The van der Waals surface area contributed by atoms with Crippen LogP contribution < -0.4 is 0 Å². The summed E-state index contributed by atoms with van der Waals surface area (Å²) in [7, 11) is 0.